The van der Waals surface area contributed by atoms with Gasteiger partial charge in [0.05, 0.1) is 35.9 Å². The van der Waals surface area contributed by atoms with E-state index in [2.05, 4.69) is 10.6 Å². The van der Waals surface area contributed by atoms with Crippen molar-refractivity contribution in [3.05, 3.63) is 0 Å². The van der Waals surface area contributed by atoms with Gasteiger partial charge in [-0.2, -0.15) is 0 Å². The summed E-state index contributed by atoms with van der Waals surface area (Å²) >= 11 is 0. The molecule has 3 aliphatic heterocycles. The van der Waals surface area contributed by atoms with Crippen LogP contribution < -0.4 is 10.6 Å². The second kappa shape index (κ2) is 20.0. The van der Waals surface area contributed by atoms with Crippen LogP contribution in [-0.2, 0) is 33.2 Å². The van der Waals surface area contributed by atoms with E-state index in [9.17, 15) is 30.3 Å². The molecular weight excluding hydrogens is 726 g/mol. The number of hydrogen-bond donors (Lipinski definition) is 7. The summed E-state index contributed by atoms with van der Waals surface area (Å²) in [7, 11) is 5.31. The van der Waals surface area contributed by atoms with E-state index in [4.69, 9.17) is 28.4 Å². The maximum absolute atomic E-state index is 14.3. The van der Waals surface area contributed by atoms with Gasteiger partial charge in [0, 0.05) is 38.1 Å². The van der Waals surface area contributed by atoms with Gasteiger partial charge in [-0.3, -0.25) is 4.79 Å². The van der Waals surface area contributed by atoms with Crippen LogP contribution in [0.4, 0.5) is 0 Å². The van der Waals surface area contributed by atoms with E-state index < -0.39 is 95.5 Å². The van der Waals surface area contributed by atoms with Crippen LogP contribution in [0.5, 0.6) is 0 Å². The number of aliphatic hydroxyl groups excluding tert-OH is 2. The van der Waals surface area contributed by atoms with Gasteiger partial charge in [-0.05, 0) is 107 Å². The number of esters is 1. The van der Waals surface area contributed by atoms with Gasteiger partial charge >= 0.3 is 5.97 Å². The van der Waals surface area contributed by atoms with Crippen LogP contribution in [0.15, 0.2) is 0 Å². The Morgan fingerprint density at radius 1 is 0.964 bits per heavy atom. The molecule has 18 atom stereocenters. The number of rotatable bonds is 11. The first kappa shape index (κ1) is 49.3. The highest BCUT2D eigenvalue weighted by Crippen LogP contribution is 2.43. The first-order chi connectivity index (χ1) is 25.9. The molecule has 0 saturated carbocycles. The van der Waals surface area contributed by atoms with E-state index in [-0.39, 0.29) is 43.9 Å². The molecule has 0 bridgehead atoms. The minimum Gasteiger partial charge on any atom is -0.459 e. The second-order valence-electron chi connectivity index (χ2n) is 18.2. The van der Waals surface area contributed by atoms with Crippen molar-refractivity contribution in [1.29, 1.82) is 0 Å². The van der Waals surface area contributed by atoms with Gasteiger partial charge in [0.15, 0.2) is 12.6 Å². The molecule has 0 spiro atoms. The Balaban J connectivity index is 2.16. The Bertz CT molecular complexity index is 1230. The molecule has 0 radical (unpaired) electrons. The first-order valence-electron chi connectivity index (χ1n) is 20.9. The lowest BCUT2D eigenvalue weighted by Crippen LogP contribution is -2.70. The zero-order chi connectivity index (χ0) is 42.6. The lowest BCUT2D eigenvalue weighted by Gasteiger charge is -2.53. The molecular formula is C41H79N3O12. The van der Waals surface area contributed by atoms with E-state index >= 15 is 0 Å². The maximum atomic E-state index is 14.3. The molecule has 7 N–H and O–H groups in total. The molecule has 0 amide bonds. The molecule has 330 valence electrons. The SMILES string of the molecule is CCCNCC1(O)C(C)OC(O[C@@H]2[C@H](C)[C@H](OC3OC(C)CC(N(C)C)C3O)[C@@](C)(O)C[C@H](C)CN[C@@H](C)[C@@H](O)[C@@](C)(O)[C@H](CC)OC(=O)[C@@H]2C)CC1(C)OC. The van der Waals surface area contributed by atoms with Crippen molar-refractivity contribution in [2.24, 2.45) is 17.8 Å². The normalized spacial score (nSPS) is 47.9. The molecule has 15 heteroatoms. The fourth-order valence-electron chi connectivity index (χ4n) is 9.21. The molecule has 0 aromatic rings. The van der Waals surface area contributed by atoms with E-state index in [1.807, 2.05) is 53.6 Å². The Hall–Kier alpha value is -1.05. The monoisotopic (exact) mass is 806 g/mol. The average molecular weight is 806 g/mol. The lowest BCUT2D eigenvalue weighted by atomic mass is 9.75. The molecule has 0 aromatic heterocycles. The number of nitrogens with one attached hydrogen (secondary N) is 2. The quantitative estimate of drug-likeness (QED) is 0.118. The summed E-state index contributed by atoms with van der Waals surface area (Å²) in [5.74, 6) is -2.66. The molecule has 3 rings (SSSR count). The zero-order valence-electron chi connectivity index (χ0n) is 36.8. The van der Waals surface area contributed by atoms with E-state index in [1.165, 1.54) is 14.0 Å². The minimum atomic E-state index is -1.81. The van der Waals surface area contributed by atoms with Crippen LogP contribution in [0.2, 0.25) is 0 Å². The smallest absolute Gasteiger partial charge is 0.311 e. The fraction of sp³-hybridized carbons (Fsp3) is 0.976. The number of aliphatic hydroxyl groups is 5. The third-order valence-electron chi connectivity index (χ3n) is 13.0. The number of nitrogens with zero attached hydrogens (tertiary/aromatic N) is 1. The largest absolute Gasteiger partial charge is 0.459 e. The third kappa shape index (κ3) is 11.0. The first-order valence-corrected chi connectivity index (χ1v) is 20.9. The van der Waals surface area contributed by atoms with Crippen molar-refractivity contribution < 1.29 is 58.7 Å². The van der Waals surface area contributed by atoms with Crippen molar-refractivity contribution in [1.82, 2.24) is 15.5 Å². The summed E-state index contributed by atoms with van der Waals surface area (Å²) in [6.45, 7) is 20.9. The lowest BCUT2D eigenvalue weighted by molar-refractivity contribution is -0.336. The Morgan fingerprint density at radius 2 is 1.61 bits per heavy atom. The van der Waals surface area contributed by atoms with Gasteiger partial charge < -0.3 is 69.5 Å². The maximum Gasteiger partial charge on any atom is 0.311 e. The fourth-order valence-corrected chi connectivity index (χ4v) is 9.21. The topological polar surface area (TPSA) is 201 Å². The number of likely N-dealkylation sites (N-methyl/N-ethyl adjacent to an activating group) is 1. The van der Waals surface area contributed by atoms with Gasteiger partial charge in [-0.15, -0.1) is 0 Å². The van der Waals surface area contributed by atoms with Gasteiger partial charge in [0.2, 0.25) is 0 Å². The van der Waals surface area contributed by atoms with Crippen LogP contribution in [0.1, 0.15) is 108 Å². The molecule has 0 aromatic carbocycles. The van der Waals surface area contributed by atoms with E-state index in [1.54, 1.807) is 34.6 Å². The summed E-state index contributed by atoms with van der Waals surface area (Å²) < 4.78 is 38.3. The molecule has 8 unspecified atom stereocenters. The van der Waals surface area contributed by atoms with Crippen LogP contribution in [0, 0.1) is 17.8 Å². The van der Waals surface area contributed by atoms with Crippen molar-refractivity contribution >= 4 is 5.97 Å². The summed E-state index contributed by atoms with van der Waals surface area (Å²) in [5.41, 5.74) is -5.95. The summed E-state index contributed by atoms with van der Waals surface area (Å²) in [4.78, 5) is 16.2. The summed E-state index contributed by atoms with van der Waals surface area (Å²) in [6, 6.07) is -0.877. The molecule has 15 nitrogen and oxygen atoms in total. The average Bonchev–Trinajstić information content (AvgIpc) is 3.12. The molecule has 3 heterocycles. The van der Waals surface area contributed by atoms with Gasteiger partial charge in [0.1, 0.15) is 35.1 Å². The summed E-state index contributed by atoms with van der Waals surface area (Å²) in [5, 5.41) is 65.8. The molecule has 0 aliphatic carbocycles. The van der Waals surface area contributed by atoms with Crippen molar-refractivity contribution in [3.8, 4) is 0 Å². The Morgan fingerprint density at radius 3 is 2.18 bits per heavy atom. The number of carbonyl (C=O) groups is 1. The van der Waals surface area contributed by atoms with Crippen LogP contribution >= 0.6 is 0 Å². The minimum absolute atomic E-state index is 0.0939. The number of carbonyl (C=O) groups excluding carboxylic acids is 1. The number of cyclic esters (lactones) is 1. The number of ether oxygens (including phenoxy) is 6. The Kier molecular flexibility index (Phi) is 17.6. The van der Waals surface area contributed by atoms with E-state index in [0.29, 0.717) is 19.5 Å². The van der Waals surface area contributed by atoms with Gasteiger partial charge in [0.25, 0.3) is 0 Å². The second-order valence-corrected chi connectivity index (χ2v) is 18.2. The highest BCUT2D eigenvalue weighted by molar-refractivity contribution is 5.73. The van der Waals surface area contributed by atoms with Crippen LogP contribution in [0.25, 0.3) is 0 Å². The predicted octanol–water partition coefficient (Wildman–Crippen LogP) is 1.93. The molecule has 3 fully saturated rings. The highest BCUT2D eigenvalue weighted by Gasteiger charge is 2.58. The molecule has 3 saturated heterocycles. The van der Waals surface area contributed by atoms with Crippen LogP contribution in [-0.4, -0.2) is 167 Å². The zero-order valence-corrected chi connectivity index (χ0v) is 36.8. The van der Waals surface area contributed by atoms with Gasteiger partial charge in [-0.1, -0.05) is 27.7 Å². The highest BCUT2D eigenvalue weighted by atomic mass is 16.7. The summed E-state index contributed by atoms with van der Waals surface area (Å²) in [6.07, 6.45) is -6.71. The molecule has 3 aliphatic rings. The third-order valence-corrected chi connectivity index (χ3v) is 13.0. The predicted molar refractivity (Wildman–Crippen MR) is 212 cm³/mol. The Labute approximate surface area is 336 Å². The van der Waals surface area contributed by atoms with Crippen molar-refractivity contribution in [2.75, 3.05) is 40.8 Å². The number of hydrogen-bond acceptors (Lipinski definition) is 15. The molecule has 56 heavy (non-hydrogen) atoms. The number of methoxy groups -OCH3 is 1. The van der Waals surface area contributed by atoms with Gasteiger partial charge in [-0.25, -0.2) is 0 Å². The van der Waals surface area contributed by atoms with E-state index in [0.717, 1.165) is 6.42 Å². The van der Waals surface area contributed by atoms with Crippen LogP contribution in [0.3, 0.4) is 0 Å². The standard InChI is InChI=1S/C41H79N3O12/c1-15-17-42-22-41(50)28(8)53-31(20-39(41,10)51-14)55-33-25(5)35(56-37-32(45)29(44(12)13)18-24(4)52-37)38(9,48)19-23(3)21-43-27(7)34(46)40(11,49)30(16-2)54-36(47)26(33)6/h23-35,37,42-43,45-46,48-50H,15-22H2,1-14H3/t23-,24?,25-,26+,27-,28?,29?,30-,31?,32?,33+,34+,35-,37?,38-,39?,40-,41?/m0/s1. The van der Waals surface area contributed by atoms with Crippen molar-refractivity contribution in [2.45, 2.75) is 198 Å². The van der Waals surface area contributed by atoms with Crippen molar-refractivity contribution in [3.63, 3.8) is 0 Å².